The lowest BCUT2D eigenvalue weighted by molar-refractivity contribution is -0.114. The minimum absolute atomic E-state index is 0.0735. The molecule has 0 aliphatic heterocycles. The van der Waals surface area contributed by atoms with Gasteiger partial charge in [0.15, 0.2) is 0 Å². The molecule has 0 saturated carbocycles. The molecule has 1 atom stereocenters. The summed E-state index contributed by atoms with van der Waals surface area (Å²) in [6.45, 7) is 11.9. The van der Waals surface area contributed by atoms with Crippen LogP contribution in [0.3, 0.4) is 0 Å². The second kappa shape index (κ2) is 3.70. The van der Waals surface area contributed by atoms with Gasteiger partial charge in [-0.05, 0) is 11.3 Å². The Bertz CT molecular complexity index is 145. The van der Waals surface area contributed by atoms with Gasteiger partial charge < -0.3 is 4.79 Å². The Morgan fingerprint density at radius 2 is 1.82 bits per heavy atom. The number of hydrogen-bond acceptors (Lipinski definition) is 1. The van der Waals surface area contributed by atoms with E-state index in [-0.39, 0.29) is 11.3 Å². The number of aldehydes is 1. The predicted octanol–water partition coefficient (Wildman–Crippen LogP) is 2.67. The zero-order chi connectivity index (χ0) is 9.07. The largest absolute Gasteiger partial charge is 0.303 e. The number of rotatable bonds is 4. The van der Waals surface area contributed by atoms with Gasteiger partial charge in [0.2, 0.25) is 0 Å². The van der Waals surface area contributed by atoms with Crippen molar-refractivity contribution in [2.75, 3.05) is 0 Å². The van der Waals surface area contributed by atoms with E-state index in [1.165, 1.54) is 0 Å². The molecule has 0 amide bonds. The summed E-state index contributed by atoms with van der Waals surface area (Å²) in [5.41, 5.74) is -0.0735. The van der Waals surface area contributed by atoms with E-state index in [1.54, 1.807) is 0 Å². The van der Waals surface area contributed by atoms with Crippen LogP contribution in [0.2, 0.25) is 0 Å². The van der Waals surface area contributed by atoms with E-state index >= 15 is 0 Å². The maximum absolute atomic E-state index is 10.7. The molecule has 0 aromatic rings. The van der Waals surface area contributed by atoms with Gasteiger partial charge in [0.1, 0.15) is 6.29 Å². The highest BCUT2D eigenvalue weighted by Gasteiger charge is 2.28. The zero-order valence-corrected chi connectivity index (χ0v) is 7.92. The molecule has 0 bridgehead atoms. The third kappa shape index (κ3) is 2.49. The first kappa shape index (κ1) is 10.4. The van der Waals surface area contributed by atoms with Gasteiger partial charge in [-0.15, -0.1) is 6.58 Å². The summed E-state index contributed by atoms with van der Waals surface area (Å²) in [5.74, 6) is 0.473. The van der Waals surface area contributed by atoms with Crippen molar-refractivity contribution >= 4 is 6.29 Å². The highest BCUT2D eigenvalue weighted by molar-refractivity contribution is 5.56. The summed E-state index contributed by atoms with van der Waals surface area (Å²) in [4.78, 5) is 10.7. The number of carbonyl (C=O) groups excluding carboxylic acids is 1. The molecular formula is C10H18O. The first-order valence-corrected chi connectivity index (χ1v) is 4.04. The normalized spacial score (nSPS) is 14.6. The average molecular weight is 154 g/mol. The molecule has 0 saturated heterocycles. The molecule has 0 aliphatic carbocycles. The summed E-state index contributed by atoms with van der Waals surface area (Å²) in [6.07, 6.45) is 2.89. The smallest absolute Gasteiger partial charge is 0.124 e. The van der Waals surface area contributed by atoms with E-state index in [0.29, 0.717) is 5.92 Å². The molecular weight excluding hydrogens is 136 g/mol. The van der Waals surface area contributed by atoms with Gasteiger partial charge in [0.25, 0.3) is 0 Å². The maximum Gasteiger partial charge on any atom is 0.124 e. The molecule has 0 fully saturated rings. The fraction of sp³-hybridized carbons (Fsp3) is 0.700. The monoisotopic (exact) mass is 154 g/mol. The van der Waals surface area contributed by atoms with Crippen LogP contribution in [0.5, 0.6) is 0 Å². The van der Waals surface area contributed by atoms with Crippen LogP contribution in [-0.2, 0) is 4.79 Å². The van der Waals surface area contributed by atoms with Crippen molar-refractivity contribution in [2.24, 2.45) is 17.3 Å². The highest BCUT2D eigenvalue weighted by Crippen LogP contribution is 2.31. The predicted molar refractivity (Wildman–Crippen MR) is 48.4 cm³/mol. The first-order chi connectivity index (χ1) is 4.95. The highest BCUT2D eigenvalue weighted by atomic mass is 16.1. The van der Waals surface area contributed by atoms with Gasteiger partial charge in [0, 0.05) is 5.92 Å². The Kier molecular flexibility index (Phi) is 3.50. The number of hydrogen-bond donors (Lipinski definition) is 0. The standard InChI is InChI=1S/C10H18O/c1-6-10(4,5)9(7-11)8(2)3/h6-9H,1H2,2-5H3. The minimum Gasteiger partial charge on any atom is -0.303 e. The number of carbonyl (C=O) groups is 1. The van der Waals surface area contributed by atoms with Crippen molar-refractivity contribution in [3.8, 4) is 0 Å². The van der Waals surface area contributed by atoms with Crippen LogP contribution in [0, 0.1) is 17.3 Å². The van der Waals surface area contributed by atoms with Crippen LogP contribution in [0.25, 0.3) is 0 Å². The van der Waals surface area contributed by atoms with Crippen molar-refractivity contribution in [1.29, 1.82) is 0 Å². The van der Waals surface area contributed by atoms with Crippen molar-refractivity contribution in [2.45, 2.75) is 27.7 Å². The Hall–Kier alpha value is -0.590. The molecule has 1 heteroatoms. The van der Waals surface area contributed by atoms with E-state index in [1.807, 2.05) is 19.9 Å². The third-order valence-electron chi connectivity index (χ3n) is 2.25. The molecule has 1 unspecified atom stereocenters. The number of allylic oxidation sites excluding steroid dienone is 1. The molecule has 0 aromatic carbocycles. The minimum atomic E-state index is -0.0735. The lowest BCUT2D eigenvalue weighted by atomic mass is 9.74. The van der Waals surface area contributed by atoms with E-state index in [9.17, 15) is 4.79 Å². The second-order valence-corrected chi connectivity index (χ2v) is 3.93. The third-order valence-corrected chi connectivity index (χ3v) is 2.25. The Morgan fingerprint density at radius 1 is 1.36 bits per heavy atom. The summed E-state index contributed by atoms with van der Waals surface area (Å²) in [5, 5.41) is 0. The van der Waals surface area contributed by atoms with Crippen molar-refractivity contribution in [3.63, 3.8) is 0 Å². The summed E-state index contributed by atoms with van der Waals surface area (Å²) in [6, 6.07) is 0. The van der Waals surface area contributed by atoms with E-state index in [4.69, 9.17) is 0 Å². The molecule has 0 rings (SSSR count). The van der Waals surface area contributed by atoms with Gasteiger partial charge in [-0.2, -0.15) is 0 Å². The fourth-order valence-electron chi connectivity index (χ4n) is 1.33. The summed E-state index contributed by atoms with van der Waals surface area (Å²) < 4.78 is 0. The van der Waals surface area contributed by atoms with Crippen molar-refractivity contribution in [1.82, 2.24) is 0 Å². The van der Waals surface area contributed by atoms with Crippen molar-refractivity contribution in [3.05, 3.63) is 12.7 Å². The second-order valence-electron chi connectivity index (χ2n) is 3.93. The van der Waals surface area contributed by atoms with E-state index in [0.717, 1.165) is 6.29 Å². The van der Waals surface area contributed by atoms with E-state index in [2.05, 4.69) is 20.4 Å². The SMILES string of the molecule is C=CC(C)(C)C(C=O)C(C)C. The molecule has 0 spiro atoms. The molecule has 0 radical (unpaired) electrons. The van der Waals surface area contributed by atoms with Gasteiger partial charge in [-0.3, -0.25) is 0 Å². The quantitative estimate of drug-likeness (QED) is 0.449. The average Bonchev–Trinajstić information content (AvgIpc) is 1.88. The Morgan fingerprint density at radius 3 is 1.91 bits per heavy atom. The van der Waals surface area contributed by atoms with Crippen LogP contribution >= 0.6 is 0 Å². The molecule has 0 heterocycles. The first-order valence-electron chi connectivity index (χ1n) is 4.04. The molecule has 0 aromatic heterocycles. The molecule has 64 valence electrons. The fourth-order valence-corrected chi connectivity index (χ4v) is 1.33. The summed E-state index contributed by atoms with van der Waals surface area (Å²) >= 11 is 0. The lowest BCUT2D eigenvalue weighted by Gasteiger charge is -2.29. The van der Waals surface area contributed by atoms with Crippen LogP contribution < -0.4 is 0 Å². The van der Waals surface area contributed by atoms with Crippen LogP contribution in [-0.4, -0.2) is 6.29 Å². The van der Waals surface area contributed by atoms with Gasteiger partial charge >= 0.3 is 0 Å². The van der Waals surface area contributed by atoms with Gasteiger partial charge in [-0.25, -0.2) is 0 Å². The molecule has 11 heavy (non-hydrogen) atoms. The zero-order valence-electron chi connectivity index (χ0n) is 7.92. The summed E-state index contributed by atoms with van der Waals surface area (Å²) in [7, 11) is 0. The van der Waals surface area contributed by atoms with Crippen LogP contribution in [0.15, 0.2) is 12.7 Å². The molecule has 0 aliphatic rings. The topological polar surface area (TPSA) is 17.1 Å². The van der Waals surface area contributed by atoms with E-state index < -0.39 is 0 Å². The van der Waals surface area contributed by atoms with Gasteiger partial charge in [-0.1, -0.05) is 33.8 Å². The van der Waals surface area contributed by atoms with Crippen LogP contribution in [0.4, 0.5) is 0 Å². The Balaban J connectivity index is 4.48. The van der Waals surface area contributed by atoms with Crippen LogP contribution in [0.1, 0.15) is 27.7 Å². The maximum atomic E-state index is 10.7. The molecule has 1 nitrogen and oxygen atoms in total. The Labute approximate surface area is 69.5 Å². The molecule has 0 N–H and O–H groups in total. The van der Waals surface area contributed by atoms with Gasteiger partial charge in [0.05, 0.1) is 0 Å². The van der Waals surface area contributed by atoms with Crippen molar-refractivity contribution < 1.29 is 4.79 Å². The lowest BCUT2D eigenvalue weighted by Crippen LogP contribution is -2.27.